The molecule has 0 N–H and O–H groups in total. The van der Waals surface area contributed by atoms with E-state index >= 15 is 0 Å². The van der Waals surface area contributed by atoms with Crippen LogP contribution in [0.4, 0.5) is 5.00 Å². The number of benzene rings is 1. The van der Waals surface area contributed by atoms with Crippen LogP contribution in [-0.4, -0.2) is 22.3 Å². The molecule has 18 heavy (non-hydrogen) atoms. The van der Waals surface area contributed by atoms with Crippen molar-refractivity contribution in [1.82, 2.24) is 4.37 Å². The van der Waals surface area contributed by atoms with E-state index in [1.54, 1.807) is 11.5 Å². The Labute approximate surface area is 120 Å². The lowest BCUT2D eigenvalue weighted by Gasteiger charge is -2.35. The summed E-state index contributed by atoms with van der Waals surface area (Å²) in [5.74, 6) is 0. The number of aromatic nitrogens is 1. The Morgan fingerprint density at radius 2 is 2.06 bits per heavy atom. The molecule has 2 nitrogen and oxygen atoms in total. The molecule has 2 aromatic rings. The molecule has 0 radical (unpaired) electrons. The van der Waals surface area contributed by atoms with Crippen LogP contribution in [0.5, 0.6) is 0 Å². The fourth-order valence-electron chi connectivity index (χ4n) is 2.78. The summed E-state index contributed by atoms with van der Waals surface area (Å²) in [5.41, 5.74) is 1.12. The van der Waals surface area contributed by atoms with Gasteiger partial charge in [-0.15, -0.1) is 0 Å². The molecule has 1 aliphatic rings. The fraction of sp³-hybridized carbons (Fsp3) is 0.500. The summed E-state index contributed by atoms with van der Waals surface area (Å²) in [7, 11) is 2.21. The standard InChI is InChI=1S/C14H17BrN2S/c1-17(13-9-5-3-7-11(13)15)14-10-6-2-4-8-12(10)16-18-14/h2,4,6,8,11,13H,3,5,7,9H2,1H3. The molecule has 1 aromatic carbocycles. The minimum absolute atomic E-state index is 0.600. The van der Waals surface area contributed by atoms with Crippen molar-refractivity contribution in [3.8, 4) is 0 Å². The predicted molar refractivity (Wildman–Crippen MR) is 83.0 cm³/mol. The summed E-state index contributed by atoms with van der Waals surface area (Å²) in [4.78, 5) is 3.04. The monoisotopic (exact) mass is 324 g/mol. The van der Waals surface area contributed by atoms with Crippen LogP contribution in [0, 0.1) is 0 Å². The van der Waals surface area contributed by atoms with Crippen molar-refractivity contribution in [2.75, 3.05) is 11.9 Å². The van der Waals surface area contributed by atoms with E-state index in [9.17, 15) is 0 Å². The van der Waals surface area contributed by atoms with Crippen LogP contribution in [0.15, 0.2) is 24.3 Å². The van der Waals surface area contributed by atoms with E-state index in [4.69, 9.17) is 0 Å². The van der Waals surface area contributed by atoms with Crippen LogP contribution < -0.4 is 4.90 Å². The molecule has 1 heterocycles. The maximum absolute atomic E-state index is 4.54. The molecular formula is C14H17BrN2S. The molecular weight excluding hydrogens is 308 g/mol. The van der Waals surface area contributed by atoms with Crippen molar-refractivity contribution < 1.29 is 0 Å². The normalized spacial score (nSPS) is 24.3. The Hall–Kier alpha value is -0.610. The zero-order valence-electron chi connectivity index (χ0n) is 10.5. The van der Waals surface area contributed by atoms with Gasteiger partial charge >= 0.3 is 0 Å². The van der Waals surface area contributed by atoms with Crippen LogP contribution in [0.3, 0.4) is 0 Å². The number of hydrogen-bond acceptors (Lipinski definition) is 3. The topological polar surface area (TPSA) is 16.1 Å². The average Bonchev–Trinajstić information content (AvgIpc) is 2.82. The van der Waals surface area contributed by atoms with Gasteiger partial charge in [0.05, 0.1) is 5.52 Å². The summed E-state index contributed by atoms with van der Waals surface area (Å²) in [6, 6.07) is 9.02. The Morgan fingerprint density at radius 1 is 1.28 bits per heavy atom. The van der Waals surface area contributed by atoms with E-state index < -0.39 is 0 Å². The number of halogens is 1. The van der Waals surface area contributed by atoms with Crippen molar-refractivity contribution >= 4 is 43.4 Å². The maximum Gasteiger partial charge on any atom is 0.119 e. The van der Waals surface area contributed by atoms with Crippen LogP contribution in [0.25, 0.3) is 10.9 Å². The van der Waals surface area contributed by atoms with Crippen molar-refractivity contribution in [2.45, 2.75) is 36.6 Å². The van der Waals surface area contributed by atoms with E-state index in [2.05, 4.69) is 56.5 Å². The maximum atomic E-state index is 4.54. The van der Waals surface area contributed by atoms with Crippen LogP contribution in [0.2, 0.25) is 0 Å². The molecule has 1 aliphatic carbocycles. The summed E-state index contributed by atoms with van der Waals surface area (Å²) >= 11 is 5.47. The largest absolute Gasteiger partial charge is 0.361 e. The third kappa shape index (κ3) is 2.16. The van der Waals surface area contributed by atoms with Gasteiger partial charge in [0, 0.05) is 23.3 Å². The minimum Gasteiger partial charge on any atom is -0.361 e. The highest BCUT2D eigenvalue weighted by Gasteiger charge is 2.28. The molecule has 3 rings (SSSR count). The van der Waals surface area contributed by atoms with Gasteiger partial charge < -0.3 is 4.90 Å². The molecule has 1 saturated carbocycles. The Morgan fingerprint density at radius 3 is 2.89 bits per heavy atom. The molecule has 0 amide bonds. The van der Waals surface area contributed by atoms with Gasteiger partial charge in [0.2, 0.25) is 0 Å². The zero-order chi connectivity index (χ0) is 12.5. The molecule has 4 heteroatoms. The third-order valence-electron chi connectivity index (χ3n) is 3.83. The van der Waals surface area contributed by atoms with Crippen molar-refractivity contribution in [1.29, 1.82) is 0 Å². The van der Waals surface area contributed by atoms with E-state index in [0.29, 0.717) is 10.9 Å². The molecule has 1 aromatic heterocycles. The number of alkyl halides is 1. The highest BCUT2D eigenvalue weighted by molar-refractivity contribution is 9.09. The lowest BCUT2D eigenvalue weighted by Crippen LogP contribution is -2.40. The predicted octanol–water partition coefficient (Wildman–Crippen LogP) is 4.44. The second kappa shape index (κ2) is 5.17. The zero-order valence-corrected chi connectivity index (χ0v) is 12.9. The second-order valence-corrected chi connectivity index (χ2v) is 6.91. The first-order valence-electron chi connectivity index (χ1n) is 6.48. The van der Waals surface area contributed by atoms with Gasteiger partial charge in [-0.05, 0) is 36.5 Å². The number of nitrogens with zero attached hydrogens (tertiary/aromatic N) is 2. The number of anilines is 1. The van der Waals surface area contributed by atoms with Gasteiger partial charge in [0.1, 0.15) is 5.00 Å². The quantitative estimate of drug-likeness (QED) is 0.759. The fourth-order valence-corrected chi connectivity index (χ4v) is 4.60. The van der Waals surface area contributed by atoms with Crippen molar-refractivity contribution in [3.05, 3.63) is 24.3 Å². The number of fused-ring (bicyclic) bond motifs is 1. The summed E-state index contributed by atoms with van der Waals surface area (Å²) in [6.07, 6.45) is 5.25. The lowest BCUT2D eigenvalue weighted by atomic mass is 9.94. The molecule has 0 bridgehead atoms. The lowest BCUT2D eigenvalue weighted by molar-refractivity contribution is 0.445. The van der Waals surface area contributed by atoms with Gasteiger partial charge in [-0.1, -0.05) is 40.9 Å². The van der Waals surface area contributed by atoms with E-state index in [-0.39, 0.29) is 0 Å². The molecule has 96 valence electrons. The minimum atomic E-state index is 0.600. The van der Waals surface area contributed by atoms with Gasteiger partial charge in [0.15, 0.2) is 0 Å². The van der Waals surface area contributed by atoms with E-state index in [1.165, 1.54) is 36.1 Å². The highest BCUT2D eigenvalue weighted by atomic mass is 79.9. The Balaban J connectivity index is 1.93. The Kier molecular flexibility index (Phi) is 3.57. The highest BCUT2D eigenvalue weighted by Crippen LogP contribution is 2.36. The Bertz CT molecular complexity index is 539. The first-order valence-corrected chi connectivity index (χ1v) is 8.17. The first-order chi connectivity index (χ1) is 8.77. The average molecular weight is 325 g/mol. The smallest absolute Gasteiger partial charge is 0.119 e. The molecule has 2 atom stereocenters. The van der Waals surface area contributed by atoms with E-state index in [0.717, 1.165) is 5.52 Å². The van der Waals surface area contributed by atoms with Gasteiger partial charge in [-0.25, -0.2) is 0 Å². The molecule has 0 aliphatic heterocycles. The van der Waals surface area contributed by atoms with Crippen molar-refractivity contribution in [3.63, 3.8) is 0 Å². The first kappa shape index (κ1) is 12.4. The third-order valence-corrected chi connectivity index (χ3v) is 5.87. The molecule has 1 fully saturated rings. The van der Waals surface area contributed by atoms with Crippen molar-refractivity contribution in [2.24, 2.45) is 0 Å². The molecule has 0 spiro atoms. The van der Waals surface area contributed by atoms with Gasteiger partial charge in [-0.2, -0.15) is 4.37 Å². The summed E-state index contributed by atoms with van der Waals surface area (Å²) < 4.78 is 4.54. The van der Waals surface area contributed by atoms with Gasteiger partial charge in [0.25, 0.3) is 0 Å². The van der Waals surface area contributed by atoms with Gasteiger partial charge in [-0.3, -0.25) is 0 Å². The second-order valence-electron chi connectivity index (χ2n) is 4.98. The van der Waals surface area contributed by atoms with E-state index in [1.807, 2.05) is 0 Å². The number of hydrogen-bond donors (Lipinski definition) is 0. The number of rotatable bonds is 2. The van der Waals surface area contributed by atoms with Crippen LogP contribution in [0.1, 0.15) is 25.7 Å². The SMILES string of the molecule is CN(c1snc2ccccc12)C1CCCCC1Br. The summed E-state index contributed by atoms with van der Waals surface area (Å²) in [5, 5.41) is 2.59. The molecule has 0 saturated heterocycles. The van der Waals surface area contributed by atoms with Crippen LogP contribution in [-0.2, 0) is 0 Å². The molecule has 2 unspecified atom stereocenters. The summed E-state index contributed by atoms with van der Waals surface area (Å²) in [6.45, 7) is 0. The van der Waals surface area contributed by atoms with Crippen LogP contribution >= 0.6 is 27.5 Å².